The van der Waals surface area contributed by atoms with Gasteiger partial charge in [0.25, 0.3) is 5.56 Å². The molecular weight excluding hydrogens is 455 g/mol. The maximum Gasteiger partial charge on any atom is 0.254 e. The predicted octanol–water partition coefficient (Wildman–Crippen LogP) is 3.87. The van der Waals surface area contributed by atoms with Crippen LogP contribution in [-0.4, -0.2) is 32.4 Å². The highest BCUT2D eigenvalue weighted by Crippen LogP contribution is 2.35. The van der Waals surface area contributed by atoms with Crippen molar-refractivity contribution in [1.29, 1.82) is 0 Å². The molecule has 1 N–H and O–H groups in total. The van der Waals surface area contributed by atoms with Crippen molar-refractivity contribution >= 4 is 10.0 Å². The lowest BCUT2D eigenvalue weighted by molar-refractivity contribution is 0.387. The van der Waals surface area contributed by atoms with Gasteiger partial charge < -0.3 is 9.30 Å². The number of rotatable bonds is 7. The topological polar surface area (TPSA) is 77.4 Å². The van der Waals surface area contributed by atoms with E-state index < -0.39 is 21.9 Å². The van der Waals surface area contributed by atoms with Gasteiger partial charge in [0.1, 0.15) is 0 Å². The van der Waals surface area contributed by atoms with Crippen LogP contribution in [0.25, 0.3) is 11.1 Å². The third-order valence-electron chi connectivity index (χ3n) is 6.46. The monoisotopic (exact) mass is 484 g/mol. The molecule has 1 heterocycles. The van der Waals surface area contributed by atoms with Gasteiger partial charge in [-0.05, 0) is 55.0 Å². The minimum atomic E-state index is -3.47. The van der Waals surface area contributed by atoms with Crippen molar-refractivity contribution in [2.45, 2.75) is 44.7 Å². The van der Waals surface area contributed by atoms with Crippen LogP contribution < -0.4 is 15.0 Å². The van der Waals surface area contributed by atoms with E-state index in [1.54, 1.807) is 29.0 Å². The number of benzene rings is 2. The Kier molecular flexibility index (Phi) is 6.91. The summed E-state index contributed by atoms with van der Waals surface area (Å²) in [5.74, 6) is -0.607. The van der Waals surface area contributed by atoms with Gasteiger partial charge >= 0.3 is 0 Å². The zero-order chi connectivity index (χ0) is 24.5. The Morgan fingerprint density at radius 1 is 1.18 bits per heavy atom. The average molecular weight is 485 g/mol. The molecule has 0 saturated heterocycles. The van der Waals surface area contributed by atoms with Crippen LogP contribution in [0.1, 0.15) is 36.0 Å². The fourth-order valence-corrected chi connectivity index (χ4v) is 5.71. The van der Waals surface area contributed by atoms with Crippen LogP contribution in [-0.2, 0) is 29.4 Å². The molecule has 0 unspecified atom stereocenters. The molecular formula is C26H29FN2O4S. The molecule has 6 nitrogen and oxygen atoms in total. The number of nitrogens with zero attached hydrogens (tertiary/aromatic N) is 1. The molecule has 0 radical (unpaired) electrons. The zero-order valence-corrected chi connectivity index (χ0v) is 20.4. The number of aromatic nitrogens is 1. The number of hydrogen-bond acceptors (Lipinski definition) is 4. The number of hydrogen-bond donors (Lipinski definition) is 1. The highest BCUT2D eigenvalue weighted by atomic mass is 32.2. The van der Waals surface area contributed by atoms with E-state index in [0.717, 1.165) is 17.4 Å². The number of pyridine rings is 1. The minimum absolute atomic E-state index is 0.0833. The van der Waals surface area contributed by atoms with Gasteiger partial charge in [-0.2, -0.15) is 0 Å². The Morgan fingerprint density at radius 2 is 1.94 bits per heavy atom. The van der Waals surface area contributed by atoms with Crippen molar-refractivity contribution in [3.8, 4) is 16.9 Å². The van der Waals surface area contributed by atoms with Gasteiger partial charge in [0.2, 0.25) is 10.0 Å². The van der Waals surface area contributed by atoms with Gasteiger partial charge in [-0.1, -0.05) is 36.4 Å². The lowest BCUT2D eigenvalue weighted by Crippen LogP contribution is -2.45. The summed E-state index contributed by atoms with van der Waals surface area (Å²) in [6, 6.07) is 14.1. The summed E-state index contributed by atoms with van der Waals surface area (Å²) in [6.07, 6.45) is 4.62. The van der Waals surface area contributed by atoms with Crippen LogP contribution in [0.4, 0.5) is 4.39 Å². The molecule has 1 aromatic heterocycles. The van der Waals surface area contributed by atoms with E-state index in [4.69, 9.17) is 4.74 Å². The van der Waals surface area contributed by atoms with Crippen LogP contribution in [0.5, 0.6) is 5.75 Å². The van der Waals surface area contributed by atoms with E-state index in [-0.39, 0.29) is 17.2 Å². The maximum atomic E-state index is 14.9. The molecule has 2 aromatic carbocycles. The third-order valence-corrected chi connectivity index (χ3v) is 7.19. The van der Waals surface area contributed by atoms with Gasteiger partial charge in [0.05, 0.1) is 13.4 Å². The molecule has 1 aliphatic rings. The number of methoxy groups -OCH3 is 1. The second-order valence-electron chi connectivity index (χ2n) is 8.71. The van der Waals surface area contributed by atoms with E-state index in [9.17, 15) is 17.6 Å². The van der Waals surface area contributed by atoms with Crippen molar-refractivity contribution in [3.05, 3.63) is 87.6 Å². The molecule has 0 bridgehead atoms. The largest absolute Gasteiger partial charge is 0.494 e. The number of nitrogens with one attached hydrogen (secondary N) is 1. The summed E-state index contributed by atoms with van der Waals surface area (Å²) in [5, 5.41) is 0. The number of sulfonamides is 1. The first-order valence-electron chi connectivity index (χ1n) is 11.3. The van der Waals surface area contributed by atoms with E-state index in [2.05, 4.69) is 4.72 Å². The van der Waals surface area contributed by atoms with Gasteiger partial charge in [0, 0.05) is 35.8 Å². The molecule has 4 rings (SSSR count). The third kappa shape index (κ3) is 4.93. The first-order chi connectivity index (χ1) is 16.2. The molecule has 2 atom stereocenters. The van der Waals surface area contributed by atoms with Crippen LogP contribution in [0.2, 0.25) is 0 Å². The fourth-order valence-electron chi connectivity index (χ4n) is 4.88. The molecule has 0 amide bonds. The van der Waals surface area contributed by atoms with Gasteiger partial charge in [0.15, 0.2) is 11.6 Å². The van der Waals surface area contributed by atoms with Crippen LogP contribution in [0, 0.1) is 5.82 Å². The maximum absolute atomic E-state index is 14.9. The lowest BCUT2D eigenvalue weighted by Gasteiger charge is -2.33. The molecule has 0 spiro atoms. The second-order valence-corrected chi connectivity index (χ2v) is 10.5. The molecule has 8 heteroatoms. The van der Waals surface area contributed by atoms with Crippen molar-refractivity contribution < 1.29 is 17.5 Å². The summed E-state index contributed by atoms with van der Waals surface area (Å²) < 4.78 is 48.6. The number of ether oxygens (including phenoxy) is 1. The predicted molar refractivity (Wildman–Crippen MR) is 131 cm³/mol. The summed E-state index contributed by atoms with van der Waals surface area (Å²) in [7, 11) is -2.04. The first kappa shape index (κ1) is 24.2. The van der Waals surface area contributed by atoms with Crippen LogP contribution in [0.15, 0.2) is 59.5 Å². The number of fused-ring (bicyclic) bond motifs is 1. The molecule has 0 fully saturated rings. The number of halogens is 1. The Bertz CT molecular complexity index is 1370. The SMILES string of the molecule is CCn1ccc2c(c1=O)[C@@H](Cc1cccc(-c3cccc(OC)c3F)c1)[C@@H](NS(C)(=O)=O)CC2. The van der Waals surface area contributed by atoms with Gasteiger partial charge in [-0.15, -0.1) is 0 Å². The Labute approximate surface area is 199 Å². The van der Waals surface area contributed by atoms with E-state index in [0.29, 0.717) is 42.5 Å². The van der Waals surface area contributed by atoms with Crippen LogP contribution >= 0.6 is 0 Å². The van der Waals surface area contributed by atoms with Crippen molar-refractivity contribution in [1.82, 2.24) is 9.29 Å². The van der Waals surface area contributed by atoms with Crippen LogP contribution in [0.3, 0.4) is 0 Å². The second kappa shape index (κ2) is 9.72. The Morgan fingerprint density at radius 3 is 2.65 bits per heavy atom. The smallest absolute Gasteiger partial charge is 0.254 e. The summed E-state index contributed by atoms with van der Waals surface area (Å²) in [5.41, 5.74) is 3.54. The quantitative estimate of drug-likeness (QED) is 0.552. The average Bonchev–Trinajstić information content (AvgIpc) is 2.80. The van der Waals surface area contributed by atoms with Crippen molar-refractivity contribution in [2.24, 2.45) is 0 Å². The summed E-state index contributed by atoms with van der Waals surface area (Å²) in [6.45, 7) is 2.44. The molecule has 180 valence electrons. The van der Waals surface area contributed by atoms with E-state index in [1.165, 1.54) is 7.11 Å². The fraction of sp³-hybridized carbons (Fsp3) is 0.346. The molecule has 3 aromatic rings. The summed E-state index contributed by atoms with van der Waals surface area (Å²) >= 11 is 0. The normalized spacial score (nSPS) is 17.9. The van der Waals surface area contributed by atoms with E-state index >= 15 is 0 Å². The summed E-state index contributed by atoms with van der Waals surface area (Å²) in [4.78, 5) is 13.3. The van der Waals surface area contributed by atoms with E-state index in [1.807, 2.05) is 37.3 Å². The van der Waals surface area contributed by atoms with Crippen molar-refractivity contribution in [3.63, 3.8) is 0 Å². The lowest BCUT2D eigenvalue weighted by atomic mass is 9.77. The zero-order valence-electron chi connectivity index (χ0n) is 19.5. The molecule has 34 heavy (non-hydrogen) atoms. The number of aryl methyl sites for hydroxylation is 2. The standard InChI is InChI=1S/C26H29FN2O4S/c1-4-29-14-13-18-11-12-22(28-34(3,31)32)21(24(18)26(29)30)16-17-7-5-8-19(15-17)20-9-6-10-23(33-2)25(20)27/h5-10,13-15,21-22,28H,4,11-12,16H2,1-3H3/t21-,22-/m0/s1. The van der Waals surface area contributed by atoms with Crippen molar-refractivity contribution in [2.75, 3.05) is 13.4 Å². The first-order valence-corrected chi connectivity index (χ1v) is 13.2. The molecule has 1 aliphatic carbocycles. The highest BCUT2D eigenvalue weighted by Gasteiger charge is 2.34. The minimum Gasteiger partial charge on any atom is -0.494 e. The molecule has 0 saturated carbocycles. The highest BCUT2D eigenvalue weighted by molar-refractivity contribution is 7.88. The Balaban J connectivity index is 1.77. The Hall–Kier alpha value is -2.97. The molecule has 0 aliphatic heterocycles. The van der Waals surface area contributed by atoms with Gasteiger partial charge in [-0.25, -0.2) is 17.5 Å². The van der Waals surface area contributed by atoms with Gasteiger partial charge in [-0.3, -0.25) is 4.79 Å².